The maximum Gasteiger partial charge on any atom is 0.270 e. The van der Waals surface area contributed by atoms with Gasteiger partial charge in [-0.15, -0.1) is 6.58 Å². The molecule has 0 saturated heterocycles. The molecule has 0 atom stereocenters. The van der Waals surface area contributed by atoms with Gasteiger partial charge in [-0.3, -0.25) is 4.79 Å². The monoisotopic (exact) mass is 242 g/mol. The standard InChI is InChI=1S/C15H18N2O/c1-5-8-17(4)15(18)14-11(3)12-9-10(2)6-7-13(12)16-14/h5-7,9,16H,1,8H2,2-4H3. The van der Waals surface area contributed by atoms with E-state index < -0.39 is 0 Å². The Balaban J connectivity index is 2.49. The van der Waals surface area contributed by atoms with Crippen LogP contribution >= 0.6 is 0 Å². The number of likely N-dealkylation sites (N-methyl/N-ethyl adjacent to an activating group) is 1. The zero-order valence-electron chi connectivity index (χ0n) is 11.1. The van der Waals surface area contributed by atoms with Crippen LogP contribution < -0.4 is 0 Å². The normalized spacial score (nSPS) is 10.6. The molecule has 3 heteroatoms. The predicted octanol–water partition coefficient (Wildman–Crippen LogP) is 3.04. The molecule has 1 N–H and O–H groups in total. The van der Waals surface area contributed by atoms with Crippen molar-refractivity contribution < 1.29 is 4.79 Å². The summed E-state index contributed by atoms with van der Waals surface area (Å²) in [4.78, 5) is 17.1. The first kappa shape index (κ1) is 12.4. The van der Waals surface area contributed by atoms with E-state index in [1.165, 1.54) is 5.56 Å². The minimum absolute atomic E-state index is 0.00116. The Morgan fingerprint density at radius 1 is 1.44 bits per heavy atom. The van der Waals surface area contributed by atoms with Crippen molar-refractivity contribution in [2.45, 2.75) is 13.8 Å². The lowest BCUT2D eigenvalue weighted by atomic mass is 10.1. The van der Waals surface area contributed by atoms with E-state index in [2.05, 4.69) is 24.6 Å². The van der Waals surface area contributed by atoms with Gasteiger partial charge in [-0.1, -0.05) is 17.7 Å². The number of aromatic nitrogens is 1. The molecule has 0 saturated carbocycles. The molecule has 1 heterocycles. The molecule has 2 aromatic rings. The smallest absolute Gasteiger partial charge is 0.270 e. The zero-order chi connectivity index (χ0) is 13.3. The number of hydrogen-bond acceptors (Lipinski definition) is 1. The fraction of sp³-hybridized carbons (Fsp3) is 0.267. The summed E-state index contributed by atoms with van der Waals surface area (Å²) in [6.45, 7) is 8.23. The van der Waals surface area contributed by atoms with E-state index in [0.717, 1.165) is 16.5 Å². The highest BCUT2D eigenvalue weighted by Crippen LogP contribution is 2.23. The summed E-state index contributed by atoms with van der Waals surface area (Å²) in [7, 11) is 1.78. The average Bonchev–Trinajstić information content (AvgIpc) is 2.66. The molecule has 0 radical (unpaired) electrons. The summed E-state index contributed by atoms with van der Waals surface area (Å²) >= 11 is 0. The van der Waals surface area contributed by atoms with Gasteiger partial charge in [0.1, 0.15) is 5.69 Å². The Kier molecular flexibility index (Phi) is 3.24. The maximum atomic E-state index is 12.3. The first-order chi connectivity index (χ1) is 8.54. The molecule has 2 rings (SSSR count). The van der Waals surface area contributed by atoms with Crippen LogP contribution in [0.15, 0.2) is 30.9 Å². The number of nitrogens with one attached hydrogen (secondary N) is 1. The van der Waals surface area contributed by atoms with Crippen LogP contribution in [-0.4, -0.2) is 29.4 Å². The Morgan fingerprint density at radius 2 is 2.17 bits per heavy atom. The maximum absolute atomic E-state index is 12.3. The minimum atomic E-state index is 0.00116. The van der Waals surface area contributed by atoms with Gasteiger partial charge in [-0.2, -0.15) is 0 Å². The largest absolute Gasteiger partial charge is 0.350 e. The van der Waals surface area contributed by atoms with Crippen LogP contribution in [0.4, 0.5) is 0 Å². The first-order valence-electron chi connectivity index (χ1n) is 6.00. The third kappa shape index (κ3) is 2.04. The molecular weight excluding hydrogens is 224 g/mol. The van der Waals surface area contributed by atoms with Crippen molar-refractivity contribution in [3.63, 3.8) is 0 Å². The number of aryl methyl sites for hydroxylation is 2. The molecule has 1 aromatic heterocycles. The number of aromatic amines is 1. The third-order valence-electron chi connectivity index (χ3n) is 3.18. The van der Waals surface area contributed by atoms with Crippen LogP contribution in [0.2, 0.25) is 0 Å². The number of carbonyl (C=O) groups is 1. The van der Waals surface area contributed by atoms with E-state index in [1.807, 2.05) is 19.1 Å². The van der Waals surface area contributed by atoms with Gasteiger partial charge in [-0.25, -0.2) is 0 Å². The van der Waals surface area contributed by atoms with E-state index in [1.54, 1.807) is 18.0 Å². The van der Waals surface area contributed by atoms with Crippen LogP contribution in [0.5, 0.6) is 0 Å². The number of hydrogen-bond donors (Lipinski definition) is 1. The number of fused-ring (bicyclic) bond motifs is 1. The van der Waals surface area contributed by atoms with Gasteiger partial charge in [0.2, 0.25) is 0 Å². The van der Waals surface area contributed by atoms with Crippen molar-refractivity contribution in [2.24, 2.45) is 0 Å². The molecule has 0 spiro atoms. The van der Waals surface area contributed by atoms with E-state index in [-0.39, 0.29) is 5.91 Å². The molecule has 0 aliphatic carbocycles. The second kappa shape index (κ2) is 4.69. The summed E-state index contributed by atoms with van der Waals surface area (Å²) in [6, 6.07) is 6.16. The third-order valence-corrected chi connectivity index (χ3v) is 3.18. The molecular formula is C15H18N2O. The Bertz CT molecular complexity index is 610. The second-order valence-electron chi connectivity index (χ2n) is 4.65. The summed E-state index contributed by atoms with van der Waals surface area (Å²) in [6.07, 6.45) is 1.72. The van der Waals surface area contributed by atoms with E-state index in [9.17, 15) is 4.79 Å². The molecule has 1 aromatic carbocycles. The van der Waals surface area contributed by atoms with Crippen LogP contribution in [-0.2, 0) is 0 Å². The quantitative estimate of drug-likeness (QED) is 0.825. The number of rotatable bonds is 3. The highest BCUT2D eigenvalue weighted by Gasteiger charge is 2.17. The minimum Gasteiger partial charge on any atom is -0.350 e. The van der Waals surface area contributed by atoms with Gasteiger partial charge in [0.25, 0.3) is 5.91 Å². The van der Waals surface area contributed by atoms with Crippen molar-refractivity contribution in [1.82, 2.24) is 9.88 Å². The van der Waals surface area contributed by atoms with Crippen LogP contribution in [0.25, 0.3) is 10.9 Å². The fourth-order valence-electron chi connectivity index (χ4n) is 2.12. The SMILES string of the molecule is C=CCN(C)C(=O)c1[nH]c2ccc(C)cc2c1C. The Morgan fingerprint density at radius 3 is 2.83 bits per heavy atom. The van der Waals surface area contributed by atoms with Crippen LogP contribution in [0, 0.1) is 13.8 Å². The zero-order valence-corrected chi connectivity index (χ0v) is 11.1. The van der Waals surface area contributed by atoms with Crippen LogP contribution in [0.1, 0.15) is 21.6 Å². The fourth-order valence-corrected chi connectivity index (χ4v) is 2.12. The molecule has 0 fully saturated rings. The molecule has 18 heavy (non-hydrogen) atoms. The average molecular weight is 242 g/mol. The molecule has 94 valence electrons. The van der Waals surface area contributed by atoms with Crippen molar-refractivity contribution in [1.29, 1.82) is 0 Å². The van der Waals surface area contributed by atoms with Gasteiger partial charge in [-0.05, 0) is 31.5 Å². The van der Waals surface area contributed by atoms with Crippen molar-refractivity contribution >= 4 is 16.8 Å². The molecule has 3 nitrogen and oxygen atoms in total. The molecule has 1 amide bonds. The molecule has 0 bridgehead atoms. The van der Waals surface area contributed by atoms with E-state index in [4.69, 9.17) is 0 Å². The van der Waals surface area contributed by atoms with Gasteiger partial charge in [0.05, 0.1) is 0 Å². The Labute approximate surface area is 107 Å². The lowest BCUT2D eigenvalue weighted by Crippen LogP contribution is -2.27. The second-order valence-corrected chi connectivity index (χ2v) is 4.65. The summed E-state index contributed by atoms with van der Waals surface area (Å²) in [5, 5.41) is 1.12. The summed E-state index contributed by atoms with van der Waals surface area (Å²) < 4.78 is 0. The topological polar surface area (TPSA) is 36.1 Å². The number of benzene rings is 1. The first-order valence-corrected chi connectivity index (χ1v) is 6.00. The van der Waals surface area contributed by atoms with E-state index >= 15 is 0 Å². The summed E-state index contributed by atoms with van der Waals surface area (Å²) in [5.41, 5.74) is 3.88. The molecule has 0 unspecified atom stereocenters. The predicted molar refractivity (Wildman–Crippen MR) is 74.9 cm³/mol. The number of amides is 1. The number of nitrogens with zero attached hydrogens (tertiary/aromatic N) is 1. The molecule has 0 aliphatic rings. The van der Waals surface area contributed by atoms with Crippen LogP contribution in [0.3, 0.4) is 0 Å². The van der Waals surface area contributed by atoms with E-state index in [0.29, 0.717) is 12.2 Å². The lowest BCUT2D eigenvalue weighted by molar-refractivity contribution is 0.0805. The lowest BCUT2D eigenvalue weighted by Gasteiger charge is -2.14. The number of H-pyrrole nitrogens is 1. The molecule has 0 aliphatic heterocycles. The highest BCUT2D eigenvalue weighted by molar-refractivity contribution is 6.00. The summed E-state index contributed by atoms with van der Waals surface area (Å²) in [5.74, 6) is 0.00116. The van der Waals surface area contributed by atoms with Crippen molar-refractivity contribution in [3.05, 3.63) is 47.7 Å². The van der Waals surface area contributed by atoms with Gasteiger partial charge < -0.3 is 9.88 Å². The van der Waals surface area contributed by atoms with Crippen molar-refractivity contribution in [2.75, 3.05) is 13.6 Å². The number of carbonyl (C=O) groups excluding carboxylic acids is 1. The van der Waals surface area contributed by atoms with Gasteiger partial charge >= 0.3 is 0 Å². The highest BCUT2D eigenvalue weighted by atomic mass is 16.2. The van der Waals surface area contributed by atoms with Gasteiger partial charge in [0, 0.05) is 24.5 Å². The van der Waals surface area contributed by atoms with Crippen molar-refractivity contribution in [3.8, 4) is 0 Å². The van der Waals surface area contributed by atoms with Gasteiger partial charge in [0.15, 0.2) is 0 Å². The Hall–Kier alpha value is -2.03.